The third-order valence-electron chi connectivity index (χ3n) is 2.89. The second-order valence-corrected chi connectivity index (χ2v) is 5.77. The van der Waals surface area contributed by atoms with Gasteiger partial charge in [0, 0.05) is 12.6 Å². The van der Waals surface area contributed by atoms with Crippen LogP contribution in [-0.2, 0) is 4.74 Å². The standard InChI is InChI=1S/C14H19FN2O3/c1-14(2,3)20-13(18)17-5-4-11(17)9-19-12-6-10(15)7-16-8-12/h6-8,11H,4-5,9H2,1-3H3/t11-/m0/s1. The molecule has 1 aliphatic heterocycles. The summed E-state index contributed by atoms with van der Waals surface area (Å²) < 4.78 is 23.7. The summed E-state index contributed by atoms with van der Waals surface area (Å²) in [6.45, 7) is 6.45. The first-order chi connectivity index (χ1) is 9.35. The summed E-state index contributed by atoms with van der Waals surface area (Å²) in [5.74, 6) is -0.0823. The summed E-state index contributed by atoms with van der Waals surface area (Å²) in [5, 5.41) is 0. The first-order valence-electron chi connectivity index (χ1n) is 6.58. The molecule has 0 aromatic carbocycles. The Morgan fingerprint density at radius 3 is 2.80 bits per heavy atom. The fraction of sp³-hybridized carbons (Fsp3) is 0.571. The molecule has 1 aliphatic rings. The second-order valence-electron chi connectivity index (χ2n) is 5.77. The number of halogens is 1. The molecule has 0 unspecified atom stereocenters. The molecule has 110 valence electrons. The summed E-state index contributed by atoms with van der Waals surface area (Å²) in [6, 6.07) is 1.23. The van der Waals surface area contributed by atoms with Crippen molar-refractivity contribution in [3.05, 3.63) is 24.3 Å². The highest BCUT2D eigenvalue weighted by Crippen LogP contribution is 2.22. The third kappa shape index (κ3) is 3.82. The van der Waals surface area contributed by atoms with Gasteiger partial charge in [-0.3, -0.25) is 4.98 Å². The smallest absolute Gasteiger partial charge is 0.410 e. The summed E-state index contributed by atoms with van der Waals surface area (Å²) >= 11 is 0. The number of rotatable bonds is 3. The molecule has 1 saturated heterocycles. The van der Waals surface area contributed by atoms with E-state index in [1.165, 1.54) is 12.3 Å². The van der Waals surface area contributed by atoms with Gasteiger partial charge in [0.1, 0.15) is 23.8 Å². The average Bonchev–Trinajstić information content (AvgIpc) is 2.24. The van der Waals surface area contributed by atoms with E-state index in [1.54, 1.807) is 4.90 Å². The lowest BCUT2D eigenvalue weighted by molar-refractivity contribution is -0.0142. The van der Waals surface area contributed by atoms with Crippen LogP contribution in [0, 0.1) is 5.82 Å². The predicted molar refractivity (Wildman–Crippen MR) is 71.0 cm³/mol. The first kappa shape index (κ1) is 14.6. The fourth-order valence-corrected chi connectivity index (χ4v) is 1.84. The van der Waals surface area contributed by atoms with Crippen molar-refractivity contribution in [2.24, 2.45) is 0 Å². The van der Waals surface area contributed by atoms with E-state index in [-0.39, 0.29) is 12.1 Å². The van der Waals surface area contributed by atoms with Crippen molar-refractivity contribution in [2.45, 2.75) is 38.8 Å². The Bertz CT molecular complexity index is 488. The summed E-state index contributed by atoms with van der Waals surface area (Å²) in [7, 11) is 0. The van der Waals surface area contributed by atoms with E-state index < -0.39 is 11.4 Å². The predicted octanol–water partition coefficient (Wildman–Crippen LogP) is 2.61. The van der Waals surface area contributed by atoms with Gasteiger partial charge in [0.2, 0.25) is 0 Å². The van der Waals surface area contributed by atoms with E-state index in [9.17, 15) is 9.18 Å². The summed E-state index contributed by atoms with van der Waals surface area (Å²) in [5.41, 5.74) is -0.509. The number of pyridine rings is 1. The van der Waals surface area contributed by atoms with E-state index in [2.05, 4.69) is 4.98 Å². The number of hydrogen-bond acceptors (Lipinski definition) is 4. The van der Waals surface area contributed by atoms with Crippen LogP contribution in [0.1, 0.15) is 27.2 Å². The average molecular weight is 282 g/mol. The zero-order valence-electron chi connectivity index (χ0n) is 11.9. The van der Waals surface area contributed by atoms with Crippen LogP contribution in [0.15, 0.2) is 18.5 Å². The topological polar surface area (TPSA) is 51.7 Å². The summed E-state index contributed by atoms with van der Waals surface area (Å²) in [6.07, 6.45) is 3.07. The van der Waals surface area contributed by atoms with Gasteiger partial charge in [0.25, 0.3) is 0 Å². The Balaban J connectivity index is 1.84. The highest BCUT2D eigenvalue weighted by Gasteiger charge is 2.35. The number of amides is 1. The van der Waals surface area contributed by atoms with Gasteiger partial charge in [-0.25, -0.2) is 9.18 Å². The van der Waals surface area contributed by atoms with Gasteiger partial charge in [-0.05, 0) is 27.2 Å². The number of hydrogen-bond donors (Lipinski definition) is 0. The van der Waals surface area contributed by atoms with Crippen LogP contribution in [0.3, 0.4) is 0 Å². The molecule has 0 bridgehead atoms. The van der Waals surface area contributed by atoms with E-state index in [1.807, 2.05) is 20.8 Å². The number of likely N-dealkylation sites (tertiary alicyclic amines) is 1. The Labute approximate surface area is 117 Å². The Morgan fingerprint density at radius 2 is 2.25 bits per heavy atom. The van der Waals surface area contributed by atoms with Gasteiger partial charge in [0.15, 0.2) is 0 Å². The Hall–Kier alpha value is -1.85. The molecule has 2 heterocycles. The zero-order valence-corrected chi connectivity index (χ0v) is 11.9. The monoisotopic (exact) mass is 282 g/mol. The molecule has 0 saturated carbocycles. The number of aromatic nitrogens is 1. The van der Waals surface area contributed by atoms with E-state index in [0.717, 1.165) is 12.6 Å². The highest BCUT2D eigenvalue weighted by atomic mass is 19.1. The molecular weight excluding hydrogens is 263 g/mol. The van der Waals surface area contributed by atoms with E-state index >= 15 is 0 Å². The fourth-order valence-electron chi connectivity index (χ4n) is 1.84. The van der Waals surface area contributed by atoms with E-state index in [4.69, 9.17) is 9.47 Å². The first-order valence-corrected chi connectivity index (χ1v) is 6.58. The highest BCUT2D eigenvalue weighted by molar-refractivity contribution is 5.69. The maximum atomic E-state index is 13.0. The lowest BCUT2D eigenvalue weighted by atomic mass is 10.1. The van der Waals surface area contributed by atoms with E-state index in [0.29, 0.717) is 18.9 Å². The molecular formula is C14H19FN2O3. The van der Waals surface area contributed by atoms with Crippen LogP contribution in [-0.4, -0.2) is 40.8 Å². The zero-order chi connectivity index (χ0) is 14.8. The van der Waals surface area contributed by atoms with Gasteiger partial charge in [-0.15, -0.1) is 0 Å². The third-order valence-corrected chi connectivity index (χ3v) is 2.89. The number of ether oxygens (including phenoxy) is 2. The minimum atomic E-state index is -0.509. The van der Waals surface area contributed by atoms with Gasteiger partial charge in [0.05, 0.1) is 18.4 Å². The van der Waals surface area contributed by atoms with Crippen molar-refractivity contribution in [2.75, 3.05) is 13.2 Å². The number of carbonyl (C=O) groups is 1. The molecule has 2 rings (SSSR count). The largest absolute Gasteiger partial charge is 0.490 e. The normalized spacial score (nSPS) is 18.4. The molecule has 1 fully saturated rings. The van der Waals surface area contributed by atoms with Crippen LogP contribution in [0.4, 0.5) is 9.18 Å². The second kappa shape index (κ2) is 5.64. The molecule has 1 aromatic heterocycles. The molecule has 0 N–H and O–H groups in total. The Morgan fingerprint density at radius 1 is 1.50 bits per heavy atom. The van der Waals surface area contributed by atoms with Crippen molar-refractivity contribution in [3.8, 4) is 5.75 Å². The molecule has 1 amide bonds. The molecule has 1 atom stereocenters. The molecule has 20 heavy (non-hydrogen) atoms. The van der Waals surface area contributed by atoms with Crippen LogP contribution in [0.25, 0.3) is 0 Å². The van der Waals surface area contributed by atoms with Crippen molar-refractivity contribution in [1.29, 1.82) is 0 Å². The molecule has 0 radical (unpaired) electrons. The number of carbonyl (C=O) groups excluding carboxylic acids is 1. The molecule has 0 spiro atoms. The van der Waals surface area contributed by atoms with Crippen LogP contribution >= 0.6 is 0 Å². The van der Waals surface area contributed by atoms with Crippen molar-refractivity contribution >= 4 is 6.09 Å². The quantitative estimate of drug-likeness (QED) is 0.855. The van der Waals surface area contributed by atoms with Crippen LogP contribution in [0.2, 0.25) is 0 Å². The lowest BCUT2D eigenvalue weighted by Crippen LogP contribution is -2.55. The molecule has 6 heteroatoms. The van der Waals surface area contributed by atoms with Gasteiger partial charge in [-0.1, -0.05) is 0 Å². The van der Waals surface area contributed by atoms with Gasteiger partial charge >= 0.3 is 6.09 Å². The van der Waals surface area contributed by atoms with Crippen LogP contribution < -0.4 is 4.74 Å². The molecule has 0 aliphatic carbocycles. The minimum Gasteiger partial charge on any atom is -0.490 e. The molecule has 1 aromatic rings. The van der Waals surface area contributed by atoms with Crippen LogP contribution in [0.5, 0.6) is 5.75 Å². The minimum absolute atomic E-state index is 0.0342. The maximum absolute atomic E-state index is 13.0. The maximum Gasteiger partial charge on any atom is 0.410 e. The van der Waals surface area contributed by atoms with Crippen molar-refractivity contribution in [3.63, 3.8) is 0 Å². The number of nitrogens with zero attached hydrogens (tertiary/aromatic N) is 2. The lowest BCUT2D eigenvalue weighted by Gasteiger charge is -2.40. The van der Waals surface area contributed by atoms with Gasteiger partial charge < -0.3 is 14.4 Å². The SMILES string of the molecule is CC(C)(C)OC(=O)N1CC[C@H]1COc1cncc(F)c1. The summed E-state index contributed by atoms with van der Waals surface area (Å²) in [4.78, 5) is 17.2. The van der Waals surface area contributed by atoms with Gasteiger partial charge in [-0.2, -0.15) is 0 Å². The van der Waals surface area contributed by atoms with Crippen molar-refractivity contribution < 1.29 is 18.7 Å². The Kier molecular flexibility index (Phi) is 4.11. The molecule has 5 nitrogen and oxygen atoms in total. The van der Waals surface area contributed by atoms with Crippen molar-refractivity contribution in [1.82, 2.24) is 9.88 Å².